The molecule has 0 radical (unpaired) electrons. The molecule has 1 aromatic carbocycles. The van der Waals surface area contributed by atoms with Crippen molar-refractivity contribution in [2.75, 3.05) is 20.8 Å². The van der Waals surface area contributed by atoms with Crippen LogP contribution in [0.25, 0.3) is 0 Å². The molecular weight excluding hydrogens is 218 g/mol. The second-order valence-electron chi connectivity index (χ2n) is 3.18. The Hall–Kier alpha value is -2.22. The molecule has 0 fully saturated rings. The lowest BCUT2D eigenvalue weighted by atomic mass is 10.2. The van der Waals surface area contributed by atoms with Gasteiger partial charge in [-0.1, -0.05) is 0 Å². The van der Waals surface area contributed by atoms with Crippen LogP contribution in [-0.2, 0) is 0 Å². The zero-order valence-corrected chi connectivity index (χ0v) is 9.93. The van der Waals surface area contributed by atoms with Crippen LogP contribution in [-0.4, -0.2) is 27.0 Å². The van der Waals surface area contributed by atoms with Crippen LogP contribution in [0.3, 0.4) is 0 Å². The molecule has 0 aliphatic rings. The summed E-state index contributed by atoms with van der Waals surface area (Å²) < 4.78 is 10.3. The van der Waals surface area contributed by atoms with Crippen LogP contribution in [0.2, 0.25) is 0 Å². The van der Waals surface area contributed by atoms with Gasteiger partial charge in [0.05, 0.1) is 32.9 Å². The number of nitrogens with one attached hydrogen (secondary N) is 1. The quantitative estimate of drug-likeness (QED) is 0.460. The largest absolute Gasteiger partial charge is 0.497 e. The van der Waals surface area contributed by atoms with E-state index in [2.05, 4.69) is 10.5 Å². The van der Waals surface area contributed by atoms with Crippen LogP contribution >= 0.6 is 0 Å². The van der Waals surface area contributed by atoms with E-state index in [1.54, 1.807) is 26.5 Å². The van der Waals surface area contributed by atoms with Crippen molar-refractivity contribution in [2.24, 2.45) is 5.10 Å². The van der Waals surface area contributed by atoms with Gasteiger partial charge in [-0.05, 0) is 12.1 Å². The fourth-order valence-electron chi connectivity index (χ4n) is 1.22. The van der Waals surface area contributed by atoms with E-state index >= 15 is 0 Å². The normalized spacial score (nSPS) is 9.94. The Balaban J connectivity index is 2.67. The van der Waals surface area contributed by atoms with Crippen LogP contribution in [0.4, 0.5) is 0 Å². The van der Waals surface area contributed by atoms with Crippen molar-refractivity contribution in [2.45, 2.75) is 6.42 Å². The molecule has 0 aromatic heterocycles. The first-order valence-electron chi connectivity index (χ1n) is 5.16. The maximum Gasteiger partial charge on any atom is 0.131 e. The van der Waals surface area contributed by atoms with Gasteiger partial charge in [0, 0.05) is 18.2 Å². The highest BCUT2D eigenvalue weighted by Gasteiger charge is 2.02. The third-order valence-corrected chi connectivity index (χ3v) is 2.08. The number of nitriles is 1. The van der Waals surface area contributed by atoms with Gasteiger partial charge in [-0.2, -0.15) is 10.4 Å². The molecule has 0 atom stereocenters. The Bertz CT molecular complexity index is 424. The number of benzene rings is 1. The number of nitrogens with zero attached hydrogens (tertiary/aromatic N) is 2. The minimum Gasteiger partial charge on any atom is -0.497 e. The molecule has 90 valence electrons. The summed E-state index contributed by atoms with van der Waals surface area (Å²) in [6, 6.07) is 7.50. The van der Waals surface area contributed by atoms with Gasteiger partial charge in [-0.15, -0.1) is 0 Å². The highest BCUT2D eigenvalue weighted by Crippen LogP contribution is 2.22. The van der Waals surface area contributed by atoms with E-state index in [0.29, 0.717) is 18.7 Å². The summed E-state index contributed by atoms with van der Waals surface area (Å²) in [5.74, 6) is 1.42. The molecule has 1 aromatic rings. The highest BCUT2D eigenvalue weighted by molar-refractivity contribution is 5.83. The maximum absolute atomic E-state index is 8.35. The van der Waals surface area contributed by atoms with E-state index in [-0.39, 0.29) is 0 Å². The summed E-state index contributed by atoms with van der Waals surface area (Å²) >= 11 is 0. The summed E-state index contributed by atoms with van der Waals surface area (Å²) in [6.07, 6.45) is 2.08. The Kier molecular flexibility index (Phi) is 5.38. The summed E-state index contributed by atoms with van der Waals surface area (Å²) in [5.41, 5.74) is 3.62. The number of hydrogen-bond acceptors (Lipinski definition) is 5. The lowest BCUT2D eigenvalue weighted by molar-refractivity contribution is 0.394. The van der Waals surface area contributed by atoms with E-state index < -0.39 is 0 Å². The molecule has 0 saturated carbocycles. The highest BCUT2D eigenvalue weighted by atomic mass is 16.5. The summed E-state index contributed by atoms with van der Waals surface area (Å²) in [5, 5.41) is 12.3. The lowest BCUT2D eigenvalue weighted by Crippen LogP contribution is -2.07. The predicted molar refractivity (Wildman–Crippen MR) is 65.4 cm³/mol. The molecule has 0 spiro atoms. The minimum atomic E-state index is 0.428. The predicted octanol–water partition coefficient (Wildman–Crippen LogP) is 1.54. The molecule has 5 nitrogen and oxygen atoms in total. The molecule has 5 heteroatoms. The summed E-state index contributed by atoms with van der Waals surface area (Å²) in [6.45, 7) is 0.533. The molecule has 0 saturated heterocycles. The summed E-state index contributed by atoms with van der Waals surface area (Å²) in [7, 11) is 3.20. The molecule has 1 N–H and O–H groups in total. The van der Waals surface area contributed by atoms with Crippen LogP contribution in [0.5, 0.6) is 11.5 Å². The van der Waals surface area contributed by atoms with Gasteiger partial charge in [0.25, 0.3) is 0 Å². The second-order valence-corrected chi connectivity index (χ2v) is 3.18. The van der Waals surface area contributed by atoms with E-state index in [0.717, 1.165) is 11.3 Å². The van der Waals surface area contributed by atoms with Gasteiger partial charge in [0.2, 0.25) is 0 Å². The van der Waals surface area contributed by atoms with Gasteiger partial charge in [0.15, 0.2) is 0 Å². The Morgan fingerprint density at radius 2 is 2.24 bits per heavy atom. The maximum atomic E-state index is 8.35. The van der Waals surface area contributed by atoms with Crippen LogP contribution in [0.1, 0.15) is 12.0 Å². The molecular formula is C12H15N3O2. The fourth-order valence-corrected chi connectivity index (χ4v) is 1.22. The van der Waals surface area contributed by atoms with Crippen molar-refractivity contribution in [3.63, 3.8) is 0 Å². The standard InChI is InChI=1S/C12H15N3O2/c1-16-11-5-4-10(12(8-11)17-2)9-15-14-7-3-6-13/h4-5,8-9,14H,3,7H2,1-2H3. The van der Waals surface area contributed by atoms with Crippen molar-refractivity contribution >= 4 is 6.21 Å². The van der Waals surface area contributed by atoms with E-state index in [4.69, 9.17) is 14.7 Å². The Morgan fingerprint density at radius 3 is 2.88 bits per heavy atom. The van der Waals surface area contributed by atoms with Gasteiger partial charge >= 0.3 is 0 Å². The molecule has 0 aliphatic heterocycles. The monoisotopic (exact) mass is 233 g/mol. The third-order valence-electron chi connectivity index (χ3n) is 2.08. The van der Waals surface area contributed by atoms with Crippen molar-refractivity contribution in [1.82, 2.24) is 5.43 Å². The number of methoxy groups -OCH3 is 2. The molecule has 0 amide bonds. The minimum absolute atomic E-state index is 0.428. The van der Waals surface area contributed by atoms with Crippen molar-refractivity contribution in [3.8, 4) is 17.6 Å². The van der Waals surface area contributed by atoms with Gasteiger partial charge in [-0.25, -0.2) is 0 Å². The fraction of sp³-hybridized carbons (Fsp3) is 0.333. The second kappa shape index (κ2) is 7.12. The third kappa shape index (κ3) is 4.03. The number of hydrazone groups is 1. The van der Waals surface area contributed by atoms with Gasteiger partial charge in [-0.3, -0.25) is 0 Å². The van der Waals surface area contributed by atoms with E-state index in [9.17, 15) is 0 Å². The van der Waals surface area contributed by atoms with Crippen LogP contribution in [0.15, 0.2) is 23.3 Å². The zero-order chi connectivity index (χ0) is 12.5. The number of rotatable bonds is 6. The topological polar surface area (TPSA) is 66.6 Å². The Labute approximate surface area is 101 Å². The average molecular weight is 233 g/mol. The average Bonchev–Trinajstić information content (AvgIpc) is 2.38. The van der Waals surface area contributed by atoms with Crippen molar-refractivity contribution in [3.05, 3.63) is 23.8 Å². The zero-order valence-electron chi connectivity index (χ0n) is 9.93. The molecule has 17 heavy (non-hydrogen) atoms. The van der Waals surface area contributed by atoms with E-state index in [1.165, 1.54) is 0 Å². The van der Waals surface area contributed by atoms with Gasteiger partial charge < -0.3 is 14.9 Å². The molecule has 0 heterocycles. The van der Waals surface area contributed by atoms with Crippen molar-refractivity contribution < 1.29 is 9.47 Å². The molecule has 1 rings (SSSR count). The first kappa shape index (κ1) is 12.8. The summed E-state index contributed by atoms with van der Waals surface area (Å²) in [4.78, 5) is 0. The van der Waals surface area contributed by atoms with Gasteiger partial charge in [0.1, 0.15) is 11.5 Å². The first-order valence-corrected chi connectivity index (χ1v) is 5.16. The van der Waals surface area contributed by atoms with Crippen molar-refractivity contribution in [1.29, 1.82) is 5.26 Å². The van der Waals surface area contributed by atoms with Crippen LogP contribution < -0.4 is 14.9 Å². The van der Waals surface area contributed by atoms with Crippen LogP contribution in [0, 0.1) is 11.3 Å². The molecule has 0 bridgehead atoms. The van der Waals surface area contributed by atoms with E-state index in [1.807, 2.05) is 18.2 Å². The molecule has 0 aliphatic carbocycles. The lowest BCUT2D eigenvalue weighted by Gasteiger charge is -2.06. The first-order chi connectivity index (χ1) is 8.31. The number of hydrogen-bond donors (Lipinski definition) is 1. The number of ether oxygens (including phenoxy) is 2. The SMILES string of the molecule is COc1ccc(C=NNCCC#N)c(OC)c1. The smallest absolute Gasteiger partial charge is 0.131 e. The molecule has 0 unspecified atom stereocenters. The Morgan fingerprint density at radius 1 is 1.41 bits per heavy atom.